The molecule has 5 nitrogen and oxygen atoms in total. The Morgan fingerprint density at radius 2 is 2.20 bits per heavy atom. The van der Waals surface area contributed by atoms with Crippen LogP contribution < -0.4 is 0 Å². The standard InChI is InChI=1S/C9H11NO4S/c1-2-8-4-3-7(6-15(13)14)5-9(8)10(11)12/h3-5H,2,6H2,1H3,(H,13,14). The van der Waals surface area contributed by atoms with Crippen LogP contribution in [0.1, 0.15) is 18.1 Å². The summed E-state index contributed by atoms with van der Waals surface area (Å²) in [4.78, 5) is 10.2. The summed E-state index contributed by atoms with van der Waals surface area (Å²) >= 11 is -1.97. The fourth-order valence-corrected chi connectivity index (χ4v) is 1.78. The SMILES string of the molecule is CCc1ccc(CS(=O)O)cc1[N+](=O)[O-]. The Labute approximate surface area is 89.6 Å². The van der Waals surface area contributed by atoms with E-state index in [2.05, 4.69) is 0 Å². The number of nitro groups is 1. The lowest BCUT2D eigenvalue weighted by molar-refractivity contribution is -0.385. The molecule has 1 rings (SSSR count). The number of hydrogen-bond acceptors (Lipinski definition) is 3. The summed E-state index contributed by atoms with van der Waals surface area (Å²) in [5, 5.41) is 10.7. The van der Waals surface area contributed by atoms with Crippen molar-refractivity contribution in [2.45, 2.75) is 19.1 Å². The summed E-state index contributed by atoms with van der Waals surface area (Å²) in [5.41, 5.74) is 1.15. The topological polar surface area (TPSA) is 80.4 Å². The van der Waals surface area contributed by atoms with Gasteiger partial charge in [0.2, 0.25) is 0 Å². The van der Waals surface area contributed by atoms with E-state index in [0.29, 0.717) is 17.5 Å². The minimum atomic E-state index is -1.97. The smallest absolute Gasteiger partial charge is 0.272 e. The summed E-state index contributed by atoms with van der Waals surface area (Å²) in [5.74, 6) is -0.0785. The maximum Gasteiger partial charge on any atom is 0.272 e. The van der Waals surface area contributed by atoms with Crippen LogP contribution in [0.4, 0.5) is 5.69 Å². The molecule has 82 valence electrons. The van der Waals surface area contributed by atoms with Crippen molar-refractivity contribution in [3.05, 3.63) is 39.4 Å². The summed E-state index contributed by atoms with van der Waals surface area (Å²) in [6, 6.07) is 4.62. The highest BCUT2D eigenvalue weighted by molar-refractivity contribution is 7.78. The van der Waals surface area contributed by atoms with Gasteiger partial charge in [0.15, 0.2) is 11.1 Å². The molecule has 0 spiro atoms. The maximum absolute atomic E-state index is 10.7. The third-order valence-corrected chi connectivity index (χ3v) is 2.60. The van der Waals surface area contributed by atoms with Crippen LogP contribution in [0, 0.1) is 10.1 Å². The van der Waals surface area contributed by atoms with E-state index in [-0.39, 0.29) is 11.4 Å². The maximum atomic E-state index is 10.7. The molecule has 1 aromatic carbocycles. The molecular formula is C9H11NO4S. The fourth-order valence-electron chi connectivity index (χ4n) is 1.31. The first-order valence-electron chi connectivity index (χ1n) is 4.38. The first kappa shape index (κ1) is 11.8. The molecule has 1 aromatic rings. The van der Waals surface area contributed by atoms with Crippen LogP contribution >= 0.6 is 0 Å². The first-order chi connectivity index (χ1) is 7.04. The lowest BCUT2D eigenvalue weighted by Crippen LogP contribution is -1.98. The van der Waals surface area contributed by atoms with Crippen LogP contribution in [0.2, 0.25) is 0 Å². The van der Waals surface area contributed by atoms with Gasteiger partial charge in [-0.05, 0) is 12.0 Å². The van der Waals surface area contributed by atoms with E-state index < -0.39 is 16.0 Å². The third kappa shape index (κ3) is 3.10. The van der Waals surface area contributed by atoms with Crippen molar-refractivity contribution in [3.8, 4) is 0 Å². The van der Waals surface area contributed by atoms with E-state index in [4.69, 9.17) is 4.55 Å². The zero-order valence-electron chi connectivity index (χ0n) is 8.17. The first-order valence-corrected chi connectivity index (χ1v) is 5.65. The Morgan fingerprint density at radius 3 is 2.67 bits per heavy atom. The monoisotopic (exact) mass is 229 g/mol. The second-order valence-corrected chi connectivity index (χ2v) is 3.97. The molecule has 1 N–H and O–H groups in total. The van der Waals surface area contributed by atoms with Crippen molar-refractivity contribution in [1.82, 2.24) is 0 Å². The predicted molar refractivity (Wildman–Crippen MR) is 56.9 cm³/mol. The van der Waals surface area contributed by atoms with E-state index in [1.807, 2.05) is 6.92 Å². The van der Waals surface area contributed by atoms with Gasteiger partial charge in [0.05, 0.1) is 10.7 Å². The summed E-state index contributed by atoms with van der Waals surface area (Å²) in [7, 11) is 0. The van der Waals surface area contributed by atoms with Crippen LogP contribution in [0.3, 0.4) is 0 Å². The number of nitro benzene ring substituents is 1. The molecule has 15 heavy (non-hydrogen) atoms. The molecule has 0 saturated heterocycles. The fraction of sp³-hybridized carbons (Fsp3) is 0.333. The van der Waals surface area contributed by atoms with Crippen LogP contribution in [-0.4, -0.2) is 13.7 Å². The Kier molecular flexibility index (Phi) is 3.93. The Balaban J connectivity index is 3.10. The van der Waals surface area contributed by atoms with Crippen molar-refractivity contribution in [3.63, 3.8) is 0 Å². The van der Waals surface area contributed by atoms with E-state index >= 15 is 0 Å². The van der Waals surface area contributed by atoms with Gasteiger partial charge < -0.3 is 4.55 Å². The lowest BCUT2D eigenvalue weighted by atomic mass is 10.1. The number of hydrogen-bond donors (Lipinski definition) is 1. The van der Waals surface area contributed by atoms with Crippen molar-refractivity contribution >= 4 is 16.8 Å². The van der Waals surface area contributed by atoms with Crippen molar-refractivity contribution in [1.29, 1.82) is 0 Å². The second-order valence-electron chi connectivity index (χ2n) is 3.04. The van der Waals surface area contributed by atoms with E-state index in [0.717, 1.165) is 0 Å². The molecule has 0 aliphatic carbocycles. The molecule has 0 radical (unpaired) electrons. The minimum Gasteiger partial charge on any atom is -0.306 e. The van der Waals surface area contributed by atoms with Gasteiger partial charge in [-0.3, -0.25) is 10.1 Å². The van der Waals surface area contributed by atoms with Crippen LogP contribution in [-0.2, 0) is 23.3 Å². The molecule has 6 heteroatoms. The summed E-state index contributed by atoms with van der Waals surface area (Å²) in [6.07, 6.45) is 0.568. The quantitative estimate of drug-likeness (QED) is 0.485. The van der Waals surface area contributed by atoms with Crippen molar-refractivity contribution in [2.75, 3.05) is 0 Å². The van der Waals surface area contributed by atoms with E-state index in [1.165, 1.54) is 6.07 Å². The summed E-state index contributed by atoms with van der Waals surface area (Å²) < 4.78 is 19.2. The van der Waals surface area contributed by atoms with Gasteiger partial charge in [0.25, 0.3) is 5.69 Å². The molecule has 0 heterocycles. The molecule has 0 aliphatic heterocycles. The van der Waals surface area contributed by atoms with Crippen LogP contribution in [0.15, 0.2) is 18.2 Å². The zero-order chi connectivity index (χ0) is 11.4. The molecule has 0 saturated carbocycles. The zero-order valence-corrected chi connectivity index (χ0v) is 8.99. The highest BCUT2D eigenvalue weighted by Crippen LogP contribution is 2.21. The minimum absolute atomic E-state index is 0.0143. The normalized spacial score (nSPS) is 12.4. The van der Waals surface area contributed by atoms with Gasteiger partial charge in [-0.2, -0.15) is 0 Å². The van der Waals surface area contributed by atoms with Gasteiger partial charge >= 0.3 is 0 Å². The molecule has 0 bridgehead atoms. The van der Waals surface area contributed by atoms with Gasteiger partial charge in [0, 0.05) is 11.6 Å². The van der Waals surface area contributed by atoms with Gasteiger partial charge in [-0.15, -0.1) is 0 Å². The summed E-state index contributed by atoms with van der Waals surface area (Å²) in [6.45, 7) is 1.83. The molecule has 1 unspecified atom stereocenters. The number of aryl methyl sites for hydroxylation is 1. The third-order valence-electron chi connectivity index (χ3n) is 2.02. The van der Waals surface area contributed by atoms with Gasteiger partial charge in [0.1, 0.15) is 0 Å². The Bertz CT molecular complexity index is 405. The van der Waals surface area contributed by atoms with E-state index in [1.54, 1.807) is 12.1 Å². The largest absolute Gasteiger partial charge is 0.306 e. The van der Waals surface area contributed by atoms with Crippen LogP contribution in [0.25, 0.3) is 0 Å². The van der Waals surface area contributed by atoms with Crippen molar-refractivity contribution in [2.24, 2.45) is 0 Å². The molecule has 0 aliphatic rings. The highest BCUT2D eigenvalue weighted by atomic mass is 32.2. The number of nitrogens with zero attached hydrogens (tertiary/aromatic N) is 1. The highest BCUT2D eigenvalue weighted by Gasteiger charge is 2.13. The average Bonchev–Trinajstić information content (AvgIpc) is 2.16. The van der Waals surface area contributed by atoms with Crippen molar-refractivity contribution < 1.29 is 13.7 Å². The van der Waals surface area contributed by atoms with Gasteiger partial charge in [-0.1, -0.05) is 19.1 Å². The predicted octanol–water partition coefficient (Wildman–Crippen LogP) is 1.88. The Morgan fingerprint density at radius 1 is 1.53 bits per heavy atom. The van der Waals surface area contributed by atoms with Crippen LogP contribution in [0.5, 0.6) is 0 Å². The Hall–Kier alpha value is -1.27. The molecule has 0 amide bonds. The molecule has 0 aromatic heterocycles. The molecule has 0 fully saturated rings. The van der Waals surface area contributed by atoms with E-state index in [9.17, 15) is 14.3 Å². The number of benzene rings is 1. The average molecular weight is 229 g/mol. The lowest BCUT2D eigenvalue weighted by Gasteiger charge is -2.02. The van der Waals surface area contributed by atoms with Gasteiger partial charge in [-0.25, -0.2) is 4.21 Å². The molecular weight excluding hydrogens is 218 g/mol. The second kappa shape index (κ2) is 4.99. The molecule has 1 atom stereocenters. The number of rotatable bonds is 4.